The Bertz CT molecular complexity index is 462. The predicted octanol–water partition coefficient (Wildman–Crippen LogP) is 2.36. The van der Waals surface area contributed by atoms with Crippen LogP contribution in [0.1, 0.15) is 26.3 Å². The van der Waals surface area contributed by atoms with E-state index in [0.717, 1.165) is 12.2 Å². The molecule has 0 saturated carbocycles. The van der Waals surface area contributed by atoms with Gasteiger partial charge in [0.1, 0.15) is 6.10 Å². The van der Waals surface area contributed by atoms with Gasteiger partial charge in [-0.1, -0.05) is 32.9 Å². The molecule has 1 amide bonds. The van der Waals surface area contributed by atoms with Crippen molar-refractivity contribution in [1.29, 1.82) is 0 Å². The highest BCUT2D eigenvalue weighted by Gasteiger charge is 2.25. The highest BCUT2D eigenvalue weighted by atomic mass is 35.5. The van der Waals surface area contributed by atoms with E-state index in [0.29, 0.717) is 13.2 Å². The number of hydrogen-bond donors (Lipinski definition) is 1. The Morgan fingerprint density at radius 2 is 1.90 bits per heavy atom. The zero-order chi connectivity index (χ0) is 14.8. The van der Waals surface area contributed by atoms with Gasteiger partial charge < -0.3 is 15.0 Å². The maximum absolute atomic E-state index is 12.3. The van der Waals surface area contributed by atoms with E-state index in [1.54, 1.807) is 11.9 Å². The van der Waals surface area contributed by atoms with Crippen molar-refractivity contribution in [3.63, 3.8) is 0 Å². The lowest BCUT2D eigenvalue weighted by molar-refractivity contribution is -0.131. The number of nitrogens with zero attached hydrogens (tertiary/aromatic N) is 1. The minimum atomic E-state index is -0.379. The van der Waals surface area contributed by atoms with Crippen LogP contribution < -0.4 is 10.2 Å². The zero-order valence-electron chi connectivity index (χ0n) is 13.2. The quantitative estimate of drug-likeness (QED) is 0.911. The maximum atomic E-state index is 12.3. The van der Waals surface area contributed by atoms with Crippen molar-refractivity contribution in [2.45, 2.75) is 32.3 Å². The molecule has 1 unspecified atom stereocenters. The normalized spacial score (nSPS) is 18.8. The Morgan fingerprint density at radius 1 is 1.29 bits per heavy atom. The Hall–Kier alpha value is -1.10. The fraction of sp³-hybridized carbons (Fsp3) is 0.562. The molecule has 4 nitrogen and oxygen atoms in total. The monoisotopic (exact) mass is 312 g/mol. The van der Waals surface area contributed by atoms with Crippen molar-refractivity contribution >= 4 is 24.0 Å². The van der Waals surface area contributed by atoms with Gasteiger partial charge in [0.15, 0.2) is 0 Å². The van der Waals surface area contributed by atoms with Crippen molar-refractivity contribution in [1.82, 2.24) is 5.32 Å². The fourth-order valence-electron chi connectivity index (χ4n) is 2.25. The second kappa shape index (κ2) is 7.25. The Balaban J connectivity index is 0.00000220. The van der Waals surface area contributed by atoms with Crippen LogP contribution in [0, 0.1) is 0 Å². The van der Waals surface area contributed by atoms with E-state index >= 15 is 0 Å². The minimum absolute atomic E-state index is 0. The van der Waals surface area contributed by atoms with Gasteiger partial charge in [0, 0.05) is 25.8 Å². The summed E-state index contributed by atoms with van der Waals surface area (Å²) in [5.41, 5.74) is 2.28. The summed E-state index contributed by atoms with van der Waals surface area (Å²) in [5.74, 6) is 0.000656. The van der Waals surface area contributed by atoms with Crippen molar-refractivity contribution < 1.29 is 9.53 Å². The van der Waals surface area contributed by atoms with Gasteiger partial charge in [-0.2, -0.15) is 0 Å². The summed E-state index contributed by atoms with van der Waals surface area (Å²) in [6.07, 6.45) is -0.379. The third kappa shape index (κ3) is 4.43. The van der Waals surface area contributed by atoms with Crippen LogP contribution in [0.2, 0.25) is 0 Å². The van der Waals surface area contributed by atoms with Gasteiger partial charge >= 0.3 is 0 Å². The van der Waals surface area contributed by atoms with Crippen LogP contribution in [0.4, 0.5) is 5.69 Å². The smallest absolute Gasteiger partial charge is 0.257 e. The van der Waals surface area contributed by atoms with Gasteiger partial charge in [-0.05, 0) is 23.1 Å². The van der Waals surface area contributed by atoms with Crippen LogP contribution in [0.25, 0.3) is 0 Å². The second-order valence-corrected chi connectivity index (χ2v) is 6.26. The van der Waals surface area contributed by atoms with Crippen molar-refractivity contribution in [2.24, 2.45) is 0 Å². The molecule has 0 radical (unpaired) electrons. The van der Waals surface area contributed by atoms with Crippen LogP contribution in [0.5, 0.6) is 0 Å². The molecular formula is C16H25ClN2O2. The minimum Gasteiger partial charge on any atom is -0.366 e. The number of rotatable bonds is 2. The standard InChI is InChI=1S/C16H24N2O2.ClH/c1-16(2,3)12-5-7-13(8-6-12)18(4)15(19)14-11-17-9-10-20-14;/h5-8,14,17H,9-11H2,1-4H3;1H. The second-order valence-electron chi connectivity index (χ2n) is 6.26. The molecule has 1 aliphatic heterocycles. The number of carbonyl (C=O) groups is 1. The number of nitrogens with one attached hydrogen (secondary N) is 1. The van der Waals surface area contributed by atoms with E-state index in [1.807, 2.05) is 12.1 Å². The van der Waals surface area contributed by atoms with E-state index in [9.17, 15) is 4.79 Å². The number of carbonyl (C=O) groups excluding carboxylic acids is 1. The molecule has 0 aliphatic carbocycles. The maximum Gasteiger partial charge on any atom is 0.257 e. The first-order valence-corrected chi connectivity index (χ1v) is 7.10. The number of morpholine rings is 1. The summed E-state index contributed by atoms with van der Waals surface area (Å²) in [6.45, 7) is 8.53. The van der Waals surface area contributed by atoms with Crippen LogP contribution in [-0.4, -0.2) is 38.8 Å². The number of halogens is 1. The summed E-state index contributed by atoms with van der Waals surface area (Å²) in [7, 11) is 1.80. The van der Waals surface area contributed by atoms with E-state index in [-0.39, 0.29) is 29.8 Å². The Kier molecular flexibility index (Phi) is 6.20. The lowest BCUT2D eigenvalue weighted by Crippen LogP contribution is -2.48. The Labute approximate surface area is 133 Å². The van der Waals surface area contributed by atoms with Crippen LogP contribution >= 0.6 is 12.4 Å². The summed E-state index contributed by atoms with van der Waals surface area (Å²) in [6, 6.07) is 8.15. The summed E-state index contributed by atoms with van der Waals surface area (Å²) < 4.78 is 5.51. The van der Waals surface area contributed by atoms with E-state index in [4.69, 9.17) is 4.74 Å². The van der Waals surface area contributed by atoms with Gasteiger partial charge in [0.25, 0.3) is 5.91 Å². The fourth-order valence-corrected chi connectivity index (χ4v) is 2.25. The van der Waals surface area contributed by atoms with Crippen molar-refractivity contribution in [3.05, 3.63) is 29.8 Å². The lowest BCUT2D eigenvalue weighted by atomic mass is 9.87. The number of ether oxygens (including phenoxy) is 1. The molecule has 1 aromatic rings. The number of hydrogen-bond acceptors (Lipinski definition) is 3. The summed E-state index contributed by atoms with van der Waals surface area (Å²) >= 11 is 0. The first kappa shape index (κ1) is 18.0. The molecule has 1 aliphatic rings. The molecule has 1 fully saturated rings. The molecule has 1 atom stereocenters. The highest BCUT2D eigenvalue weighted by Crippen LogP contribution is 2.24. The third-order valence-electron chi connectivity index (χ3n) is 3.65. The van der Waals surface area contributed by atoms with Gasteiger partial charge in [-0.25, -0.2) is 0 Å². The van der Waals surface area contributed by atoms with Gasteiger partial charge in [0.05, 0.1) is 6.61 Å². The molecule has 1 saturated heterocycles. The number of anilines is 1. The summed E-state index contributed by atoms with van der Waals surface area (Å²) in [5, 5.41) is 3.18. The number of benzene rings is 1. The molecule has 1 aromatic carbocycles. The SMILES string of the molecule is CN(C(=O)C1CNCCO1)c1ccc(C(C)(C)C)cc1.Cl. The van der Waals surface area contributed by atoms with Crippen LogP contribution in [0.15, 0.2) is 24.3 Å². The first-order valence-electron chi connectivity index (χ1n) is 7.10. The van der Waals surface area contributed by atoms with Crippen LogP contribution in [-0.2, 0) is 14.9 Å². The number of likely N-dealkylation sites (N-methyl/N-ethyl adjacent to an activating group) is 1. The topological polar surface area (TPSA) is 41.6 Å². The van der Waals surface area contributed by atoms with Crippen molar-refractivity contribution in [2.75, 3.05) is 31.6 Å². The van der Waals surface area contributed by atoms with E-state index < -0.39 is 0 Å². The predicted molar refractivity (Wildman–Crippen MR) is 88.4 cm³/mol. The molecule has 0 bridgehead atoms. The zero-order valence-corrected chi connectivity index (χ0v) is 14.0. The van der Waals surface area contributed by atoms with Gasteiger partial charge in [-0.15, -0.1) is 12.4 Å². The molecule has 21 heavy (non-hydrogen) atoms. The largest absolute Gasteiger partial charge is 0.366 e. The summed E-state index contributed by atoms with van der Waals surface area (Å²) in [4.78, 5) is 14.0. The molecule has 118 valence electrons. The molecule has 0 aromatic heterocycles. The molecule has 0 spiro atoms. The lowest BCUT2D eigenvalue weighted by Gasteiger charge is -2.28. The molecular weight excluding hydrogens is 288 g/mol. The first-order chi connectivity index (χ1) is 9.39. The van der Waals surface area contributed by atoms with E-state index in [1.165, 1.54) is 5.56 Å². The molecule has 1 N–H and O–H groups in total. The van der Waals surface area contributed by atoms with Crippen molar-refractivity contribution in [3.8, 4) is 0 Å². The molecule has 5 heteroatoms. The average molecular weight is 313 g/mol. The number of amides is 1. The van der Waals surface area contributed by atoms with Gasteiger partial charge in [0.2, 0.25) is 0 Å². The molecule has 1 heterocycles. The highest BCUT2D eigenvalue weighted by molar-refractivity contribution is 5.96. The Morgan fingerprint density at radius 3 is 2.38 bits per heavy atom. The average Bonchev–Trinajstić information content (AvgIpc) is 2.46. The molecule has 2 rings (SSSR count). The van der Waals surface area contributed by atoms with E-state index in [2.05, 4.69) is 38.2 Å². The van der Waals surface area contributed by atoms with Crippen LogP contribution in [0.3, 0.4) is 0 Å². The third-order valence-corrected chi connectivity index (χ3v) is 3.65. The van der Waals surface area contributed by atoms with Gasteiger partial charge in [-0.3, -0.25) is 4.79 Å².